The summed E-state index contributed by atoms with van der Waals surface area (Å²) in [5, 5.41) is 10.5. The number of para-hydroxylation sites is 1. The van der Waals surface area contributed by atoms with E-state index in [2.05, 4.69) is 43.5 Å². The lowest BCUT2D eigenvalue weighted by atomic mass is 10.1. The quantitative estimate of drug-likeness (QED) is 0.656. The number of nitriles is 1. The molecule has 0 unspecified atom stereocenters. The van der Waals surface area contributed by atoms with Crippen molar-refractivity contribution in [2.75, 3.05) is 0 Å². The highest BCUT2D eigenvalue weighted by molar-refractivity contribution is 5.86. The largest absolute Gasteiger partial charge is 0.327 e. The second kappa shape index (κ2) is 3.38. The molecule has 1 aromatic heterocycles. The van der Waals surface area contributed by atoms with E-state index < -0.39 is 0 Å². The maximum absolute atomic E-state index is 9.29. The van der Waals surface area contributed by atoms with Gasteiger partial charge in [-0.2, -0.15) is 5.26 Å². The third-order valence-electron chi connectivity index (χ3n) is 2.90. The lowest BCUT2D eigenvalue weighted by Crippen LogP contribution is -2.23. The Morgan fingerprint density at radius 1 is 1.19 bits per heavy atom. The highest BCUT2D eigenvalue weighted by Crippen LogP contribution is 2.30. The van der Waals surface area contributed by atoms with Crippen LogP contribution in [0.25, 0.3) is 10.9 Å². The topological polar surface area (TPSA) is 28.7 Å². The third-order valence-corrected chi connectivity index (χ3v) is 2.90. The van der Waals surface area contributed by atoms with Crippen molar-refractivity contribution < 1.29 is 0 Å². The fourth-order valence-electron chi connectivity index (χ4n) is 2.23. The molecule has 0 amide bonds. The monoisotopic (exact) mass is 212 g/mol. The van der Waals surface area contributed by atoms with E-state index in [0.717, 1.165) is 16.8 Å². The van der Waals surface area contributed by atoms with E-state index in [9.17, 15) is 5.26 Å². The van der Waals surface area contributed by atoms with Crippen LogP contribution in [0.15, 0.2) is 24.3 Å². The van der Waals surface area contributed by atoms with Crippen LogP contribution in [0.2, 0.25) is 0 Å². The molecule has 16 heavy (non-hydrogen) atoms. The first-order valence-corrected chi connectivity index (χ1v) is 5.47. The zero-order chi connectivity index (χ0) is 11.9. The highest BCUT2D eigenvalue weighted by Gasteiger charge is 2.22. The molecule has 0 spiro atoms. The Bertz CT molecular complexity index is 577. The van der Waals surface area contributed by atoms with Crippen molar-refractivity contribution >= 4 is 10.9 Å². The summed E-state index contributed by atoms with van der Waals surface area (Å²) in [5.41, 5.74) is 2.92. The fraction of sp³-hybridized carbons (Fsp3) is 0.357. The predicted octanol–water partition coefficient (Wildman–Crippen LogP) is 3.58. The van der Waals surface area contributed by atoms with Crippen molar-refractivity contribution in [1.82, 2.24) is 4.57 Å². The Balaban J connectivity index is 2.96. The van der Waals surface area contributed by atoms with E-state index in [-0.39, 0.29) is 5.54 Å². The van der Waals surface area contributed by atoms with Crippen molar-refractivity contribution in [3.8, 4) is 6.07 Å². The van der Waals surface area contributed by atoms with Gasteiger partial charge < -0.3 is 4.57 Å². The Morgan fingerprint density at radius 2 is 1.81 bits per heavy atom. The molecule has 0 aliphatic carbocycles. The molecule has 82 valence electrons. The van der Waals surface area contributed by atoms with Crippen LogP contribution in [-0.2, 0) is 5.54 Å². The number of benzene rings is 1. The molecule has 1 heterocycles. The van der Waals surface area contributed by atoms with Gasteiger partial charge in [0.25, 0.3) is 0 Å². The van der Waals surface area contributed by atoms with Crippen LogP contribution < -0.4 is 0 Å². The molecule has 0 saturated carbocycles. The molecule has 2 heteroatoms. The number of nitrogens with zero attached hydrogens (tertiary/aromatic N) is 2. The summed E-state index contributed by atoms with van der Waals surface area (Å²) in [6, 6.07) is 10.5. The average Bonchev–Trinajstić information content (AvgIpc) is 2.51. The van der Waals surface area contributed by atoms with Crippen LogP contribution in [0.3, 0.4) is 0 Å². The molecule has 0 aliphatic rings. The summed E-state index contributed by atoms with van der Waals surface area (Å²) in [4.78, 5) is 0. The van der Waals surface area contributed by atoms with Gasteiger partial charge in [-0.15, -0.1) is 0 Å². The van der Waals surface area contributed by atoms with Crippen LogP contribution in [-0.4, -0.2) is 4.57 Å². The average molecular weight is 212 g/mol. The van der Waals surface area contributed by atoms with Gasteiger partial charge in [0.2, 0.25) is 0 Å². The molecule has 0 saturated heterocycles. The smallest absolute Gasteiger partial charge is 0.124 e. The first-order valence-electron chi connectivity index (χ1n) is 5.47. The van der Waals surface area contributed by atoms with Gasteiger partial charge in [0.1, 0.15) is 11.8 Å². The van der Waals surface area contributed by atoms with Gasteiger partial charge in [0.05, 0.1) is 0 Å². The third kappa shape index (κ3) is 1.40. The van der Waals surface area contributed by atoms with Crippen molar-refractivity contribution in [1.29, 1.82) is 5.26 Å². The summed E-state index contributed by atoms with van der Waals surface area (Å²) in [5.74, 6) is 0. The van der Waals surface area contributed by atoms with Gasteiger partial charge >= 0.3 is 0 Å². The molecular formula is C14H16N2. The second-order valence-corrected chi connectivity index (χ2v) is 5.11. The minimum atomic E-state index is -0.0705. The van der Waals surface area contributed by atoms with Gasteiger partial charge in [-0.05, 0) is 39.3 Å². The van der Waals surface area contributed by atoms with E-state index in [1.807, 2.05) is 19.1 Å². The molecule has 0 atom stereocenters. The highest BCUT2D eigenvalue weighted by atomic mass is 15.1. The SMILES string of the molecule is Cc1c(C#N)n(C(C)(C)C)c2ccccc12. The van der Waals surface area contributed by atoms with Crippen molar-refractivity contribution in [2.24, 2.45) is 0 Å². The normalized spacial score (nSPS) is 11.7. The molecule has 2 aromatic rings. The van der Waals surface area contributed by atoms with Gasteiger partial charge in [0.15, 0.2) is 0 Å². The molecule has 0 aliphatic heterocycles. The van der Waals surface area contributed by atoms with Gasteiger partial charge in [-0.3, -0.25) is 0 Å². The van der Waals surface area contributed by atoms with Crippen molar-refractivity contribution in [3.05, 3.63) is 35.5 Å². The van der Waals surface area contributed by atoms with Crippen LogP contribution in [0.4, 0.5) is 0 Å². The zero-order valence-corrected chi connectivity index (χ0v) is 10.2. The minimum Gasteiger partial charge on any atom is -0.327 e. The number of hydrogen-bond donors (Lipinski definition) is 0. The summed E-state index contributed by atoms with van der Waals surface area (Å²) < 4.78 is 2.12. The molecule has 0 bridgehead atoms. The van der Waals surface area contributed by atoms with E-state index >= 15 is 0 Å². The van der Waals surface area contributed by atoms with Gasteiger partial charge in [-0.1, -0.05) is 18.2 Å². The van der Waals surface area contributed by atoms with Crippen molar-refractivity contribution in [2.45, 2.75) is 33.2 Å². The minimum absolute atomic E-state index is 0.0705. The summed E-state index contributed by atoms with van der Waals surface area (Å²) in [6.45, 7) is 8.39. The molecule has 0 fully saturated rings. The second-order valence-electron chi connectivity index (χ2n) is 5.11. The number of aryl methyl sites for hydroxylation is 1. The molecular weight excluding hydrogens is 196 g/mol. The Morgan fingerprint density at radius 3 is 2.38 bits per heavy atom. The summed E-state index contributed by atoms with van der Waals surface area (Å²) in [7, 11) is 0. The van der Waals surface area contributed by atoms with Crippen LogP contribution >= 0.6 is 0 Å². The predicted molar refractivity (Wildman–Crippen MR) is 66.4 cm³/mol. The molecule has 2 rings (SSSR count). The zero-order valence-electron chi connectivity index (χ0n) is 10.2. The lowest BCUT2D eigenvalue weighted by molar-refractivity contribution is 0.407. The standard InChI is InChI=1S/C14H16N2/c1-10-11-7-5-6-8-12(11)16(13(10)9-15)14(2,3)4/h5-8H,1-4H3. The molecule has 0 radical (unpaired) electrons. The maximum Gasteiger partial charge on any atom is 0.124 e. The number of rotatable bonds is 0. The van der Waals surface area contributed by atoms with Gasteiger partial charge in [0, 0.05) is 16.4 Å². The van der Waals surface area contributed by atoms with Gasteiger partial charge in [-0.25, -0.2) is 0 Å². The number of aromatic nitrogens is 1. The maximum atomic E-state index is 9.29. The van der Waals surface area contributed by atoms with E-state index in [1.54, 1.807) is 0 Å². The van der Waals surface area contributed by atoms with Crippen LogP contribution in [0.1, 0.15) is 32.0 Å². The number of fused-ring (bicyclic) bond motifs is 1. The summed E-state index contributed by atoms with van der Waals surface area (Å²) in [6.07, 6.45) is 0. The Hall–Kier alpha value is -1.75. The lowest BCUT2D eigenvalue weighted by Gasteiger charge is -2.23. The van der Waals surface area contributed by atoms with Crippen molar-refractivity contribution in [3.63, 3.8) is 0 Å². The van der Waals surface area contributed by atoms with Crippen LogP contribution in [0.5, 0.6) is 0 Å². The molecule has 2 nitrogen and oxygen atoms in total. The van der Waals surface area contributed by atoms with E-state index in [0.29, 0.717) is 0 Å². The Labute approximate surface area is 96.1 Å². The molecule has 0 N–H and O–H groups in total. The number of hydrogen-bond acceptors (Lipinski definition) is 1. The first-order chi connectivity index (χ1) is 7.46. The fourth-order valence-corrected chi connectivity index (χ4v) is 2.23. The van der Waals surface area contributed by atoms with E-state index in [1.165, 1.54) is 5.39 Å². The first kappa shape index (κ1) is 10.8. The molecule has 1 aromatic carbocycles. The Kier molecular flexibility index (Phi) is 2.27. The van der Waals surface area contributed by atoms with E-state index in [4.69, 9.17) is 0 Å². The van der Waals surface area contributed by atoms with Crippen LogP contribution in [0, 0.1) is 18.3 Å². The summed E-state index contributed by atoms with van der Waals surface area (Å²) >= 11 is 0.